The lowest BCUT2D eigenvalue weighted by molar-refractivity contribution is -0.384. The van der Waals surface area contributed by atoms with Gasteiger partial charge in [0, 0.05) is 18.2 Å². The van der Waals surface area contributed by atoms with Gasteiger partial charge in [0.1, 0.15) is 0 Å². The van der Waals surface area contributed by atoms with Crippen molar-refractivity contribution in [3.05, 3.63) is 62.9 Å². The summed E-state index contributed by atoms with van der Waals surface area (Å²) >= 11 is 5.95. The molecule has 1 N–H and O–H groups in total. The van der Waals surface area contributed by atoms with Gasteiger partial charge >= 0.3 is 0 Å². The molecule has 0 atom stereocenters. The third-order valence-corrected chi connectivity index (χ3v) is 3.07. The molecule has 7 heteroatoms. The van der Waals surface area contributed by atoms with Crippen LogP contribution in [0.25, 0.3) is 0 Å². The summed E-state index contributed by atoms with van der Waals surface area (Å²) in [7, 11) is 1.72. The van der Waals surface area contributed by atoms with E-state index in [9.17, 15) is 14.5 Å². The van der Waals surface area contributed by atoms with Crippen molar-refractivity contribution >= 4 is 17.3 Å². The van der Waals surface area contributed by atoms with Crippen molar-refractivity contribution in [2.75, 3.05) is 7.05 Å². The Bertz CT molecular complexity index is 679. The molecule has 0 fully saturated rings. The van der Waals surface area contributed by atoms with Crippen LogP contribution in [0, 0.1) is 15.9 Å². The molecular weight excluding hydrogens is 299 g/mol. The Kier molecular flexibility index (Phi) is 4.72. The van der Waals surface area contributed by atoms with E-state index in [0.29, 0.717) is 12.1 Å². The first-order valence-electron chi connectivity index (χ1n) is 6.06. The van der Waals surface area contributed by atoms with Crippen molar-refractivity contribution in [1.82, 2.24) is 5.32 Å². The lowest BCUT2D eigenvalue weighted by Crippen LogP contribution is -2.07. The van der Waals surface area contributed by atoms with Crippen LogP contribution >= 0.6 is 11.6 Å². The van der Waals surface area contributed by atoms with Crippen molar-refractivity contribution in [1.29, 1.82) is 0 Å². The van der Waals surface area contributed by atoms with Gasteiger partial charge in [-0.15, -0.1) is 0 Å². The fourth-order valence-corrected chi connectivity index (χ4v) is 1.95. The molecule has 0 amide bonds. The standard InChI is InChI=1S/C14H12ClFN2O3/c1-17-8-9-3-2-4-12(16)14(9)21-13-7-10(18(19)20)5-6-11(13)15/h2-7,17H,8H2,1H3. The molecule has 0 unspecified atom stereocenters. The number of benzene rings is 2. The van der Waals surface area contributed by atoms with E-state index in [1.165, 1.54) is 18.2 Å². The number of non-ortho nitro benzene ring substituents is 1. The van der Waals surface area contributed by atoms with E-state index in [1.807, 2.05) is 0 Å². The maximum Gasteiger partial charge on any atom is 0.273 e. The lowest BCUT2D eigenvalue weighted by atomic mass is 10.2. The number of nitrogens with zero attached hydrogens (tertiary/aromatic N) is 1. The molecule has 0 saturated heterocycles. The van der Waals surface area contributed by atoms with Crippen molar-refractivity contribution in [3.63, 3.8) is 0 Å². The van der Waals surface area contributed by atoms with E-state index in [4.69, 9.17) is 16.3 Å². The molecule has 0 heterocycles. The zero-order valence-electron chi connectivity index (χ0n) is 11.1. The quantitative estimate of drug-likeness (QED) is 0.672. The number of ether oxygens (including phenoxy) is 1. The smallest absolute Gasteiger partial charge is 0.273 e. The first kappa shape index (κ1) is 15.2. The topological polar surface area (TPSA) is 64.4 Å². The van der Waals surface area contributed by atoms with E-state index in [1.54, 1.807) is 19.2 Å². The number of nitrogens with one attached hydrogen (secondary N) is 1. The van der Waals surface area contributed by atoms with Gasteiger partial charge in [0.05, 0.1) is 16.0 Å². The minimum Gasteiger partial charge on any atom is -0.452 e. The van der Waals surface area contributed by atoms with Crippen LogP contribution in [0.2, 0.25) is 5.02 Å². The second-order valence-corrected chi connectivity index (χ2v) is 4.64. The minimum atomic E-state index is -0.570. The van der Waals surface area contributed by atoms with Crippen molar-refractivity contribution in [2.24, 2.45) is 0 Å². The molecule has 5 nitrogen and oxygen atoms in total. The van der Waals surface area contributed by atoms with Crippen LogP contribution < -0.4 is 10.1 Å². The molecule has 0 saturated carbocycles. The van der Waals surface area contributed by atoms with Crippen molar-refractivity contribution in [3.8, 4) is 11.5 Å². The fourth-order valence-electron chi connectivity index (χ4n) is 1.79. The van der Waals surface area contributed by atoms with Crippen LogP contribution in [0.5, 0.6) is 11.5 Å². The molecule has 2 aromatic carbocycles. The molecule has 0 aliphatic heterocycles. The van der Waals surface area contributed by atoms with Crippen LogP contribution in [-0.2, 0) is 6.54 Å². The normalized spacial score (nSPS) is 10.4. The molecule has 0 aliphatic carbocycles. The Balaban J connectivity index is 2.42. The highest BCUT2D eigenvalue weighted by Gasteiger charge is 2.15. The Labute approximate surface area is 125 Å². The Morgan fingerprint density at radius 3 is 2.81 bits per heavy atom. The van der Waals surface area contributed by atoms with Crippen LogP contribution in [0.1, 0.15) is 5.56 Å². The Morgan fingerprint density at radius 1 is 1.38 bits per heavy atom. The highest BCUT2D eigenvalue weighted by Crippen LogP contribution is 2.35. The van der Waals surface area contributed by atoms with Gasteiger partial charge in [0.2, 0.25) is 0 Å². The highest BCUT2D eigenvalue weighted by molar-refractivity contribution is 6.32. The second kappa shape index (κ2) is 6.51. The molecule has 0 spiro atoms. The minimum absolute atomic E-state index is 0.00533. The van der Waals surface area contributed by atoms with Crippen LogP contribution in [0.4, 0.5) is 10.1 Å². The SMILES string of the molecule is CNCc1cccc(F)c1Oc1cc([N+](=O)[O-])ccc1Cl. The van der Waals surface area contributed by atoms with E-state index in [2.05, 4.69) is 5.32 Å². The number of hydrogen-bond donors (Lipinski definition) is 1. The van der Waals surface area contributed by atoms with Gasteiger partial charge in [0.15, 0.2) is 17.3 Å². The predicted molar refractivity (Wildman–Crippen MR) is 77.3 cm³/mol. The average Bonchev–Trinajstić information content (AvgIpc) is 2.44. The van der Waals surface area contributed by atoms with Crippen molar-refractivity contribution in [2.45, 2.75) is 6.54 Å². The summed E-state index contributed by atoms with van der Waals surface area (Å²) in [5, 5.41) is 13.8. The Hall–Kier alpha value is -2.18. The zero-order valence-corrected chi connectivity index (χ0v) is 11.9. The molecule has 110 valence electrons. The van der Waals surface area contributed by atoms with Gasteiger partial charge in [0.25, 0.3) is 5.69 Å². The van der Waals surface area contributed by atoms with E-state index >= 15 is 0 Å². The van der Waals surface area contributed by atoms with E-state index < -0.39 is 10.7 Å². The molecule has 0 aliphatic rings. The average molecular weight is 311 g/mol. The molecule has 2 aromatic rings. The zero-order chi connectivity index (χ0) is 15.4. The number of para-hydroxylation sites is 1. The first-order valence-corrected chi connectivity index (χ1v) is 6.44. The first-order chi connectivity index (χ1) is 10.0. The summed E-state index contributed by atoms with van der Waals surface area (Å²) in [5.41, 5.74) is 0.404. The Morgan fingerprint density at radius 2 is 2.14 bits per heavy atom. The van der Waals surface area contributed by atoms with Gasteiger partial charge in [-0.25, -0.2) is 4.39 Å². The summed E-state index contributed by atoms with van der Waals surface area (Å²) in [4.78, 5) is 10.2. The predicted octanol–water partition coefficient (Wildman–Crippen LogP) is 3.90. The number of nitro groups is 1. The summed E-state index contributed by atoms with van der Waals surface area (Å²) in [6.45, 7) is 0.389. The van der Waals surface area contributed by atoms with Crippen LogP contribution in [-0.4, -0.2) is 12.0 Å². The van der Waals surface area contributed by atoms with Crippen LogP contribution in [0.3, 0.4) is 0 Å². The monoisotopic (exact) mass is 310 g/mol. The third kappa shape index (κ3) is 3.48. The molecule has 2 rings (SSSR count). The number of hydrogen-bond acceptors (Lipinski definition) is 4. The van der Waals surface area contributed by atoms with Gasteiger partial charge in [-0.3, -0.25) is 10.1 Å². The number of nitro benzene ring substituents is 1. The van der Waals surface area contributed by atoms with Crippen molar-refractivity contribution < 1.29 is 14.1 Å². The summed E-state index contributed by atoms with van der Waals surface area (Å²) in [6, 6.07) is 8.26. The second-order valence-electron chi connectivity index (χ2n) is 4.23. The van der Waals surface area contributed by atoms with E-state index in [0.717, 1.165) is 6.07 Å². The fraction of sp³-hybridized carbons (Fsp3) is 0.143. The molecule has 0 radical (unpaired) electrons. The molecular formula is C14H12ClFN2O3. The molecule has 0 bridgehead atoms. The van der Waals surface area contributed by atoms with Gasteiger partial charge < -0.3 is 10.1 Å². The van der Waals surface area contributed by atoms with Crippen LogP contribution in [0.15, 0.2) is 36.4 Å². The molecule has 0 aromatic heterocycles. The lowest BCUT2D eigenvalue weighted by Gasteiger charge is -2.12. The maximum absolute atomic E-state index is 13.9. The van der Waals surface area contributed by atoms with Gasteiger partial charge in [-0.2, -0.15) is 0 Å². The maximum atomic E-state index is 13.9. The van der Waals surface area contributed by atoms with E-state index in [-0.39, 0.29) is 22.2 Å². The largest absolute Gasteiger partial charge is 0.452 e. The number of halogens is 2. The van der Waals surface area contributed by atoms with Gasteiger partial charge in [-0.05, 0) is 19.2 Å². The number of rotatable bonds is 5. The highest BCUT2D eigenvalue weighted by atomic mass is 35.5. The van der Waals surface area contributed by atoms with Gasteiger partial charge in [-0.1, -0.05) is 23.7 Å². The summed E-state index contributed by atoms with van der Waals surface area (Å²) in [6.07, 6.45) is 0. The third-order valence-electron chi connectivity index (χ3n) is 2.75. The molecule has 21 heavy (non-hydrogen) atoms. The summed E-state index contributed by atoms with van der Waals surface area (Å²) in [5.74, 6) is -0.534. The summed E-state index contributed by atoms with van der Waals surface area (Å²) < 4.78 is 19.4.